The van der Waals surface area contributed by atoms with E-state index in [4.69, 9.17) is 11.5 Å². The second-order valence-electron chi connectivity index (χ2n) is 8.71. The molecule has 0 aromatic heterocycles. The van der Waals surface area contributed by atoms with E-state index in [1.54, 1.807) is 0 Å². The van der Waals surface area contributed by atoms with Crippen molar-refractivity contribution in [3.05, 3.63) is 119 Å². The summed E-state index contributed by atoms with van der Waals surface area (Å²) in [5, 5.41) is 7.91. The van der Waals surface area contributed by atoms with E-state index in [0.29, 0.717) is 0 Å². The predicted octanol–water partition coefficient (Wildman–Crippen LogP) is 6.93. The Morgan fingerprint density at radius 3 is 1.78 bits per heavy atom. The van der Waals surface area contributed by atoms with Crippen LogP contribution in [0, 0.1) is 0 Å². The van der Waals surface area contributed by atoms with Crippen molar-refractivity contribution in [2.24, 2.45) is 0 Å². The van der Waals surface area contributed by atoms with Crippen molar-refractivity contribution in [1.82, 2.24) is 0 Å². The smallest absolute Gasteiger partial charge is 0.0316 e. The van der Waals surface area contributed by atoms with Crippen molar-refractivity contribution in [1.29, 1.82) is 0 Å². The first kappa shape index (κ1) is 18.7. The first-order chi connectivity index (χ1) is 15.7. The molecule has 0 saturated heterocycles. The number of hydrogen-bond acceptors (Lipinski definition) is 2. The summed E-state index contributed by atoms with van der Waals surface area (Å²) in [7, 11) is 0. The number of benzene rings is 6. The van der Waals surface area contributed by atoms with E-state index >= 15 is 0 Å². The maximum Gasteiger partial charge on any atom is 0.0316 e. The quantitative estimate of drug-likeness (QED) is 0.244. The second-order valence-corrected chi connectivity index (χ2v) is 8.71. The van der Waals surface area contributed by atoms with E-state index in [1.165, 1.54) is 54.6 Å². The third-order valence-electron chi connectivity index (χ3n) is 6.53. The molecule has 0 spiro atoms. The third-order valence-corrected chi connectivity index (χ3v) is 6.53. The topological polar surface area (TPSA) is 52.0 Å². The van der Waals surface area contributed by atoms with Gasteiger partial charge in [0.05, 0.1) is 0 Å². The van der Waals surface area contributed by atoms with Gasteiger partial charge < -0.3 is 11.5 Å². The number of nitrogen functional groups attached to an aromatic ring is 2. The van der Waals surface area contributed by atoms with Gasteiger partial charge in [0.1, 0.15) is 0 Å². The van der Waals surface area contributed by atoms with E-state index in [9.17, 15) is 0 Å². The summed E-state index contributed by atoms with van der Waals surface area (Å²) in [6.07, 6.45) is 1.69. The normalized spacial score (nSPS) is 11.6. The molecule has 0 bridgehead atoms. The lowest BCUT2D eigenvalue weighted by Gasteiger charge is -2.19. The van der Waals surface area contributed by atoms with Crippen molar-refractivity contribution in [3.8, 4) is 0 Å². The number of hydrogen-bond donors (Lipinski definition) is 2. The Labute approximate surface area is 187 Å². The van der Waals surface area contributed by atoms with Gasteiger partial charge in [0.15, 0.2) is 0 Å². The summed E-state index contributed by atoms with van der Waals surface area (Å²) in [5.74, 6) is 0. The molecule has 32 heavy (non-hydrogen) atoms. The maximum absolute atomic E-state index is 6.11. The predicted molar refractivity (Wildman–Crippen MR) is 137 cm³/mol. The standard InChI is InChI=1S/C30H24N2/c31-25-8-1-4-19(15-25)14-24-18-23-11-10-21-6-3-7-22-12-13-27(30(23)29(21)22)28(24)17-20-5-2-9-26(32)16-20/h1-13,15-16,18H,14,17,31-32H2. The lowest BCUT2D eigenvalue weighted by atomic mass is 9.85. The van der Waals surface area contributed by atoms with E-state index < -0.39 is 0 Å². The molecular formula is C30H24N2. The Hall–Kier alpha value is -4.04. The molecule has 6 rings (SSSR count). The fraction of sp³-hybridized carbons (Fsp3) is 0.0667. The van der Waals surface area contributed by atoms with Crippen molar-refractivity contribution in [2.45, 2.75) is 12.8 Å². The van der Waals surface area contributed by atoms with Gasteiger partial charge in [-0.15, -0.1) is 0 Å². The lowest BCUT2D eigenvalue weighted by Crippen LogP contribution is -2.01. The summed E-state index contributed by atoms with van der Waals surface area (Å²) in [6.45, 7) is 0. The van der Waals surface area contributed by atoms with E-state index in [1.807, 2.05) is 24.3 Å². The summed E-state index contributed by atoms with van der Waals surface area (Å²) in [6, 6.07) is 34.4. The zero-order valence-electron chi connectivity index (χ0n) is 17.8. The molecule has 0 amide bonds. The van der Waals surface area contributed by atoms with Crippen molar-refractivity contribution >= 4 is 43.7 Å². The fourth-order valence-corrected chi connectivity index (χ4v) is 5.13. The van der Waals surface area contributed by atoms with Crippen LogP contribution in [-0.4, -0.2) is 0 Å². The third kappa shape index (κ3) is 3.12. The largest absolute Gasteiger partial charge is 0.399 e. The Morgan fingerprint density at radius 2 is 1.09 bits per heavy atom. The molecule has 6 aromatic rings. The van der Waals surface area contributed by atoms with Crippen molar-refractivity contribution < 1.29 is 0 Å². The second kappa shape index (κ2) is 7.28. The Balaban J connectivity index is 1.63. The molecular weight excluding hydrogens is 388 g/mol. The fourth-order valence-electron chi connectivity index (χ4n) is 5.13. The van der Waals surface area contributed by atoms with Crippen LogP contribution in [-0.2, 0) is 12.8 Å². The van der Waals surface area contributed by atoms with Crippen LogP contribution in [0.5, 0.6) is 0 Å². The van der Waals surface area contributed by atoms with Crippen LogP contribution in [0.15, 0.2) is 97.1 Å². The molecule has 2 nitrogen and oxygen atoms in total. The van der Waals surface area contributed by atoms with Crippen LogP contribution in [0.4, 0.5) is 11.4 Å². The van der Waals surface area contributed by atoms with Crippen LogP contribution in [0.25, 0.3) is 32.3 Å². The van der Waals surface area contributed by atoms with Crippen LogP contribution in [0.3, 0.4) is 0 Å². The number of anilines is 2. The molecule has 0 unspecified atom stereocenters. The molecule has 0 atom stereocenters. The highest BCUT2D eigenvalue weighted by Gasteiger charge is 2.16. The van der Waals surface area contributed by atoms with Gasteiger partial charge in [-0.3, -0.25) is 0 Å². The van der Waals surface area contributed by atoms with Gasteiger partial charge in [0, 0.05) is 11.4 Å². The zero-order valence-corrected chi connectivity index (χ0v) is 17.8. The SMILES string of the molecule is Nc1cccc(Cc2cc3ccc4cccc5ccc(c2Cc2cccc(N)c2)c3c45)c1. The minimum atomic E-state index is 0.803. The molecule has 0 radical (unpaired) electrons. The van der Waals surface area contributed by atoms with E-state index in [2.05, 4.69) is 72.8 Å². The van der Waals surface area contributed by atoms with Gasteiger partial charge in [0.25, 0.3) is 0 Å². The van der Waals surface area contributed by atoms with Gasteiger partial charge in [-0.2, -0.15) is 0 Å². The van der Waals surface area contributed by atoms with Gasteiger partial charge in [-0.25, -0.2) is 0 Å². The molecule has 0 saturated carbocycles. The lowest BCUT2D eigenvalue weighted by molar-refractivity contribution is 1.11. The summed E-state index contributed by atoms with van der Waals surface area (Å²) in [4.78, 5) is 0. The molecule has 2 heteroatoms. The number of rotatable bonds is 4. The molecule has 0 fully saturated rings. The highest BCUT2D eigenvalue weighted by atomic mass is 14.5. The maximum atomic E-state index is 6.11. The Bertz CT molecular complexity index is 1580. The average molecular weight is 413 g/mol. The van der Waals surface area contributed by atoms with Crippen LogP contribution in [0.2, 0.25) is 0 Å². The summed E-state index contributed by atoms with van der Waals surface area (Å²) < 4.78 is 0. The Kier molecular flexibility index (Phi) is 4.26. The van der Waals surface area contributed by atoms with Gasteiger partial charge >= 0.3 is 0 Å². The van der Waals surface area contributed by atoms with Gasteiger partial charge in [-0.05, 0) is 91.7 Å². The average Bonchev–Trinajstić information content (AvgIpc) is 2.79. The van der Waals surface area contributed by atoms with Crippen LogP contribution in [0.1, 0.15) is 22.3 Å². The highest BCUT2D eigenvalue weighted by Crippen LogP contribution is 2.38. The van der Waals surface area contributed by atoms with Crippen molar-refractivity contribution in [3.63, 3.8) is 0 Å². The zero-order chi connectivity index (χ0) is 21.7. The molecule has 0 aliphatic rings. The molecule has 4 N–H and O–H groups in total. The van der Waals surface area contributed by atoms with Gasteiger partial charge in [-0.1, -0.05) is 72.8 Å². The minimum absolute atomic E-state index is 0.803. The minimum Gasteiger partial charge on any atom is -0.399 e. The first-order valence-corrected chi connectivity index (χ1v) is 11.0. The Morgan fingerprint density at radius 1 is 0.500 bits per heavy atom. The highest BCUT2D eigenvalue weighted by molar-refractivity contribution is 6.23. The molecule has 0 aliphatic carbocycles. The van der Waals surface area contributed by atoms with E-state index in [-0.39, 0.29) is 0 Å². The first-order valence-electron chi connectivity index (χ1n) is 11.0. The summed E-state index contributed by atoms with van der Waals surface area (Å²) in [5.41, 5.74) is 19.0. The molecule has 154 valence electrons. The monoisotopic (exact) mass is 412 g/mol. The van der Waals surface area contributed by atoms with E-state index in [0.717, 1.165) is 24.2 Å². The van der Waals surface area contributed by atoms with Crippen LogP contribution >= 0.6 is 0 Å². The molecule has 6 aromatic carbocycles. The van der Waals surface area contributed by atoms with Crippen LogP contribution < -0.4 is 11.5 Å². The van der Waals surface area contributed by atoms with Crippen molar-refractivity contribution in [2.75, 3.05) is 11.5 Å². The van der Waals surface area contributed by atoms with Gasteiger partial charge in [0.2, 0.25) is 0 Å². The molecule has 0 aliphatic heterocycles. The number of nitrogens with two attached hydrogens (primary N) is 2. The summed E-state index contributed by atoms with van der Waals surface area (Å²) >= 11 is 0. The molecule has 0 heterocycles.